The van der Waals surface area contributed by atoms with Gasteiger partial charge in [-0.2, -0.15) is 5.26 Å². The third-order valence-corrected chi connectivity index (χ3v) is 1.99. The zero-order chi connectivity index (χ0) is 11.4. The Morgan fingerprint density at radius 2 is 2.40 bits per heavy atom. The van der Waals surface area contributed by atoms with Crippen LogP contribution in [0.5, 0.6) is 0 Å². The van der Waals surface area contributed by atoms with Crippen molar-refractivity contribution in [2.75, 3.05) is 5.32 Å². The van der Waals surface area contributed by atoms with E-state index < -0.39 is 12.0 Å². The minimum atomic E-state index is -0.984. The Labute approximate surface area is 87.4 Å². The molecule has 2 N–H and O–H groups in total. The maximum atomic E-state index is 10.6. The van der Waals surface area contributed by atoms with Crippen LogP contribution >= 0.6 is 0 Å². The first-order chi connectivity index (χ1) is 7.06. The lowest BCUT2D eigenvalue weighted by Gasteiger charge is -2.11. The van der Waals surface area contributed by atoms with Crippen LogP contribution in [0.25, 0.3) is 0 Å². The molecule has 0 aliphatic heterocycles. The van der Waals surface area contributed by atoms with Crippen LogP contribution in [0.1, 0.15) is 18.1 Å². The third kappa shape index (κ3) is 2.44. The molecule has 1 heterocycles. The van der Waals surface area contributed by atoms with E-state index in [1.165, 1.54) is 13.1 Å². The fraction of sp³-hybridized carbons (Fsp3) is 0.300. The standard InChI is InChI=1S/C10H11N3O2/c1-6-3-4-12-9(8(6)5-11)13-7(2)10(14)15/h3-4,7H,1-2H3,(H,12,13)(H,14,15)/t7-/m0/s1. The number of nitrogens with zero attached hydrogens (tertiary/aromatic N) is 2. The van der Waals surface area contributed by atoms with Gasteiger partial charge in [0.1, 0.15) is 17.9 Å². The van der Waals surface area contributed by atoms with E-state index in [4.69, 9.17) is 10.4 Å². The van der Waals surface area contributed by atoms with Crippen molar-refractivity contribution in [2.24, 2.45) is 0 Å². The van der Waals surface area contributed by atoms with Gasteiger partial charge in [0.2, 0.25) is 0 Å². The Bertz CT molecular complexity index is 423. The van der Waals surface area contributed by atoms with E-state index in [9.17, 15) is 4.79 Å². The topological polar surface area (TPSA) is 86.0 Å². The number of aryl methyl sites for hydroxylation is 1. The summed E-state index contributed by atoms with van der Waals surface area (Å²) in [6.07, 6.45) is 1.53. The van der Waals surface area contributed by atoms with Crippen LogP contribution in [0, 0.1) is 18.3 Å². The number of rotatable bonds is 3. The predicted octanol–water partition coefficient (Wildman–Crippen LogP) is 1.15. The lowest BCUT2D eigenvalue weighted by molar-refractivity contribution is -0.137. The molecule has 1 atom stereocenters. The van der Waals surface area contributed by atoms with Crippen molar-refractivity contribution in [3.05, 3.63) is 23.4 Å². The monoisotopic (exact) mass is 205 g/mol. The number of nitrogens with one attached hydrogen (secondary N) is 1. The number of aliphatic carboxylic acids is 1. The normalized spacial score (nSPS) is 11.5. The number of pyridine rings is 1. The number of hydrogen-bond acceptors (Lipinski definition) is 4. The Kier molecular flexibility index (Phi) is 3.24. The Morgan fingerprint density at radius 1 is 1.73 bits per heavy atom. The summed E-state index contributed by atoms with van der Waals surface area (Å²) in [6, 6.07) is 2.92. The van der Waals surface area contributed by atoms with Gasteiger partial charge in [-0.05, 0) is 25.5 Å². The number of hydrogen-bond donors (Lipinski definition) is 2. The molecule has 15 heavy (non-hydrogen) atoms. The minimum Gasteiger partial charge on any atom is -0.480 e. The molecule has 0 fully saturated rings. The fourth-order valence-electron chi connectivity index (χ4n) is 1.08. The molecule has 0 saturated carbocycles. The Hall–Kier alpha value is -2.09. The largest absolute Gasteiger partial charge is 0.480 e. The molecule has 0 aliphatic carbocycles. The Morgan fingerprint density at radius 3 is 2.93 bits per heavy atom. The molecule has 1 aromatic heterocycles. The van der Waals surface area contributed by atoms with Crippen LogP contribution in [0.4, 0.5) is 5.82 Å². The second-order valence-electron chi connectivity index (χ2n) is 3.17. The molecule has 0 aliphatic rings. The molecule has 5 nitrogen and oxygen atoms in total. The van der Waals surface area contributed by atoms with Gasteiger partial charge in [-0.15, -0.1) is 0 Å². The maximum Gasteiger partial charge on any atom is 0.325 e. The number of aromatic nitrogens is 1. The maximum absolute atomic E-state index is 10.6. The molecule has 0 radical (unpaired) electrons. The summed E-state index contributed by atoms with van der Waals surface area (Å²) in [7, 11) is 0. The van der Waals surface area contributed by atoms with Crippen LogP contribution in [-0.2, 0) is 4.79 Å². The summed E-state index contributed by atoms with van der Waals surface area (Å²) in [4.78, 5) is 14.6. The molecule has 1 rings (SSSR count). The molecular formula is C10H11N3O2. The molecule has 0 bridgehead atoms. The van der Waals surface area contributed by atoms with Gasteiger partial charge >= 0.3 is 5.97 Å². The lowest BCUT2D eigenvalue weighted by Crippen LogP contribution is -2.26. The highest BCUT2D eigenvalue weighted by atomic mass is 16.4. The van der Waals surface area contributed by atoms with E-state index in [-0.39, 0.29) is 0 Å². The van der Waals surface area contributed by atoms with Crippen molar-refractivity contribution in [2.45, 2.75) is 19.9 Å². The van der Waals surface area contributed by atoms with Crippen molar-refractivity contribution in [1.82, 2.24) is 4.98 Å². The molecule has 0 saturated heterocycles. The summed E-state index contributed by atoms with van der Waals surface area (Å²) in [5.41, 5.74) is 1.15. The van der Waals surface area contributed by atoms with Crippen molar-refractivity contribution in [1.29, 1.82) is 5.26 Å². The van der Waals surface area contributed by atoms with Crippen LogP contribution in [0.15, 0.2) is 12.3 Å². The summed E-state index contributed by atoms with van der Waals surface area (Å²) in [5.74, 6) is -0.672. The van der Waals surface area contributed by atoms with Crippen molar-refractivity contribution in [3.8, 4) is 6.07 Å². The zero-order valence-corrected chi connectivity index (χ0v) is 8.48. The smallest absolute Gasteiger partial charge is 0.325 e. The summed E-state index contributed by atoms with van der Waals surface area (Å²) < 4.78 is 0. The first-order valence-electron chi connectivity index (χ1n) is 4.41. The summed E-state index contributed by atoms with van der Waals surface area (Å²) in [6.45, 7) is 3.27. The number of nitriles is 1. The molecule has 0 unspecified atom stereocenters. The quantitative estimate of drug-likeness (QED) is 0.772. The highest BCUT2D eigenvalue weighted by Crippen LogP contribution is 2.15. The number of anilines is 1. The van der Waals surface area contributed by atoms with Gasteiger partial charge in [-0.25, -0.2) is 4.98 Å². The van der Waals surface area contributed by atoms with Gasteiger partial charge in [0.15, 0.2) is 0 Å². The van der Waals surface area contributed by atoms with E-state index in [0.717, 1.165) is 5.56 Å². The highest BCUT2D eigenvalue weighted by molar-refractivity contribution is 5.77. The van der Waals surface area contributed by atoms with Gasteiger partial charge < -0.3 is 10.4 Å². The van der Waals surface area contributed by atoms with Crippen LogP contribution in [0.2, 0.25) is 0 Å². The van der Waals surface area contributed by atoms with E-state index in [2.05, 4.69) is 10.3 Å². The highest BCUT2D eigenvalue weighted by Gasteiger charge is 2.14. The third-order valence-electron chi connectivity index (χ3n) is 1.99. The van der Waals surface area contributed by atoms with Gasteiger partial charge in [0.25, 0.3) is 0 Å². The van der Waals surface area contributed by atoms with E-state index in [0.29, 0.717) is 11.4 Å². The fourth-order valence-corrected chi connectivity index (χ4v) is 1.08. The van der Waals surface area contributed by atoms with E-state index in [1.807, 2.05) is 6.07 Å². The first kappa shape index (κ1) is 11.0. The molecule has 0 spiro atoms. The number of carboxylic acid groups (broad SMARTS) is 1. The molecule has 5 heteroatoms. The average Bonchev–Trinajstić information content (AvgIpc) is 2.18. The van der Waals surface area contributed by atoms with Gasteiger partial charge in [-0.3, -0.25) is 4.79 Å². The van der Waals surface area contributed by atoms with Crippen LogP contribution in [-0.4, -0.2) is 22.1 Å². The molecule has 0 aromatic carbocycles. The second kappa shape index (κ2) is 4.42. The first-order valence-corrected chi connectivity index (χ1v) is 4.41. The molecule has 78 valence electrons. The van der Waals surface area contributed by atoms with Gasteiger partial charge in [0.05, 0.1) is 5.56 Å². The van der Waals surface area contributed by atoms with Gasteiger partial charge in [-0.1, -0.05) is 0 Å². The lowest BCUT2D eigenvalue weighted by atomic mass is 10.1. The molecule has 1 aromatic rings. The predicted molar refractivity (Wildman–Crippen MR) is 54.4 cm³/mol. The van der Waals surface area contributed by atoms with Crippen LogP contribution < -0.4 is 5.32 Å². The molecule has 0 amide bonds. The summed E-state index contributed by atoms with van der Waals surface area (Å²) >= 11 is 0. The SMILES string of the molecule is Cc1ccnc(N[C@@H](C)C(=O)O)c1C#N. The number of carboxylic acids is 1. The average molecular weight is 205 g/mol. The molecular weight excluding hydrogens is 194 g/mol. The van der Waals surface area contributed by atoms with Crippen molar-refractivity contribution >= 4 is 11.8 Å². The van der Waals surface area contributed by atoms with E-state index >= 15 is 0 Å². The van der Waals surface area contributed by atoms with Crippen molar-refractivity contribution < 1.29 is 9.90 Å². The van der Waals surface area contributed by atoms with Crippen LogP contribution in [0.3, 0.4) is 0 Å². The summed E-state index contributed by atoms with van der Waals surface area (Å²) in [5, 5.41) is 20.2. The zero-order valence-electron chi connectivity index (χ0n) is 8.48. The Balaban J connectivity index is 3.01. The minimum absolute atomic E-state index is 0.312. The van der Waals surface area contributed by atoms with Crippen molar-refractivity contribution in [3.63, 3.8) is 0 Å². The van der Waals surface area contributed by atoms with E-state index in [1.54, 1.807) is 13.0 Å². The van der Waals surface area contributed by atoms with Gasteiger partial charge in [0, 0.05) is 6.20 Å². The number of carbonyl (C=O) groups is 1. The second-order valence-corrected chi connectivity index (χ2v) is 3.17.